The first-order chi connectivity index (χ1) is 7.26. The first kappa shape index (κ1) is 13.1. The van der Waals surface area contributed by atoms with Crippen molar-refractivity contribution < 1.29 is 9.47 Å². The molecule has 0 aromatic heterocycles. The SMILES string of the molecule is COc1cc2c(cc1OC)C(C)NCC2.Cl. The summed E-state index contributed by atoms with van der Waals surface area (Å²) >= 11 is 0. The zero-order chi connectivity index (χ0) is 10.8. The summed E-state index contributed by atoms with van der Waals surface area (Å²) in [4.78, 5) is 0. The summed E-state index contributed by atoms with van der Waals surface area (Å²) in [5, 5.41) is 3.43. The van der Waals surface area contributed by atoms with Gasteiger partial charge in [-0.25, -0.2) is 0 Å². The minimum Gasteiger partial charge on any atom is -0.493 e. The molecule has 3 nitrogen and oxygen atoms in total. The minimum atomic E-state index is 0. The van der Waals surface area contributed by atoms with Crippen LogP contribution in [0.15, 0.2) is 12.1 Å². The van der Waals surface area contributed by atoms with Gasteiger partial charge in [0.15, 0.2) is 11.5 Å². The van der Waals surface area contributed by atoms with Crippen molar-refractivity contribution in [3.63, 3.8) is 0 Å². The van der Waals surface area contributed by atoms with E-state index in [1.165, 1.54) is 11.1 Å². The Morgan fingerprint density at radius 2 is 1.81 bits per heavy atom. The van der Waals surface area contributed by atoms with E-state index in [0.29, 0.717) is 6.04 Å². The molecule has 0 radical (unpaired) electrons. The Hall–Kier alpha value is -0.930. The molecule has 0 spiro atoms. The van der Waals surface area contributed by atoms with Gasteiger partial charge in [-0.1, -0.05) is 0 Å². The quantitative estimate of drug-likeness (QED) is 0.865. The Balaban J connectivity index is 0.00000128. The highest BCUT2D eigenvalue weighted by Gasteiger charge is 2.18. The van der Waals surface area contributed by atoms with Crippen molar-refractivity contribution in [2.24, 2.45) is 0 Å². The third kappa shape index (κ3) is 2.25. The molecule has 0 fully saturated rings. The molecule has 1 aromatic carbocycles. The zero-order valence-corrected chi connectivity index (χ0v) is 10.7. The first-order valence-electron chi connectivity index (χ1n) is 5.24. The first-order valence-corrected chi connectivity index (χ1v) is 5.24. The number of methoxy groups -OCH3 is 2. The van der Waals surface area contributed by atoms with Gasteiger partial charge in [-0.2, -0.15) is 0 Å². The summed E-state index contributed by atoms with van der Waals surface area (Å²) in [7, 11) is 3.35. The summed E-state index contributed by atoms with van der Waals surface area (Å²) in [6.07, 6.45) is 1.06. The Labute approximate surface area is 103 Å². The van der Waals surface area contributed by atoms with Gasteiger partial charge in [-0.15, -0.1) is 12.4 Å². The summed E-state index contributed by atoms with van der Waals surface area (Å²) in [5.41, 5.74) is 2.68. The lowest BCUT2D eigenvalue weighted by molar-refractivity contribution is 0.352. The van der Waals surface area contributed by atoms with Gasteiger partial charge >= 0.3 is 0 Å². The highest BCUT2D eigenvalue weighted by Crippen LogP contribution is 2.34. The van der Waals surface area contributed by atoms with Gasteiger partial charge in [0.25, 0.3) is 0 Å². The zero-order valence-electron chi connectivity index (χ0n) is 9.87. The minimum absolute atomic E-state index is 0. The second-order valence-electron chi connectivity index (χ2n) is 3.83. The van der Waals surface area contributed by atoms with Crippen LogP contribution >= 0.6 is 12.4 Å². The van der Waals surface area contributed by atoms with Gasteiger partial charge in [0.05, 0.1) is 14.2 Å². The summed E-state index contributed by atoms with van der Waals surface area (Å²) in [6.45, 7) is 3.20. The maximum absolute atomic E-state index is 5.30. The second-order valence-corrected chi connectivity index (χ2v) is 3.83. The molecule has 1 aliphatic heterocycles. The summed E-state index contributed by atoms with van der Waals surface area (Å²) in [6, 6.07) is 4.56. The van der Waals surface area contributed by atoms with Crippen molar-refractivity contribution in [1.82, 2.24) is 5.32 Å². The van der Waals surface area contributed by atoms with Gasteiger partial charge in [-0.05, 0) is 43.1 Å². The van der Waals surface area contributed by atoms with E-state index in [1.807, 2.05) is 0 Å². The highest BCUT2D eigenvalue weighted by molar-refractivity contribution is 5.85. The molecule has 1 atom stereocenters. The number of nitrogens with one attached hydrogen (secondary N) is 1. The Kier molecular flexibility index (Phi) is 4.44. The molecule has 0 saturated carbocycles. The molecule has 4 heteroatoms. The standard InChI is InChI=1S/C12H17NO2.ClH/c1-8-10-7-12(15-3)11(14-2)6-9(10)4-5-13-8;/h6-8,13H,4-5H2,1-3H3;1H. The Morgan fingerprint density at radius 3 is 2.44 bits per heavy atom. The lowest BCUT2D eigenvalue weighted by Crippen LogP contribution is -2.27. The number of rotatable bonds is 2. The number of hydrogen-bond acceptors (Lipinski definition) is 3. The fraction of sp³-hybridized carbons (Fsp3) is 0.500. The molecule has 16 heavy (non-hydrogen) atoms. The molecule has 0 saturated heterocycles. The van der Waals surface area contributed by atoms with Gasteiger partial charge in [0.1, 0.15) is 0 Å². The largest absolute Gasteiger partial charge is 0.493 e. The van der Waals surface area contributed by atoms with Crippen LogP contribution in [-0.2, 0) is 6.42 Å². The van der Waals surface area contributed by atoms with Crippen molar-refractivity contribution >= 4 is 12.4 Å². The molecule has 0 bridgehead atoms. The second kappa shape index (κ2) is 5.41. The van der Waals surface area contributed by atoms with Crippen LogP contribution in [0, 0.1) is 0 Å². The lowest BCUT2D eigenvalue weighted by atomic mass is 9.94. The van der Waals surface area contributed by atoms with Gasteiger partial charge in [0.2, 0.25) is 0 Å². The average Bonchev–Trinajstić information content (AvgIpc) is 2.28. The number of benzene rings is 1. The summed E-state index contributed by atoms with van der Waals surface area (Å²) < 4.78 is 10.6. The van der Waals surface area contributed by atoms with Crippen molar-refractivity contribution in [3.8, 4) is 11.5 Å². The fourth-order valence-corrected chi connectivity index (χ4v) is 2.09. The van der Waals surface area contributed by atoms with Crippen molar-refractivity contribution in [2.45, 2.75) is 19.4 Å². The molecule has 90 valence electrons. The predicted octanol–water partition coefficient (Wildman–Crippen LogP) is 2.33. The molecule has 1 heterocycles. The van der Waals surface area contributed by atoms with E-state index in [0.717, 1.165) is 24.5 Å². The van der Waals surface area contributed by atoms with Gasteiger partial charge in [-0.3, -0.25) is 0 Å². The fourth-order valence-electron chi connectivity index (χ4n) is 2.09. The van der Waals surface area contributed by atoms with Crippen LogP contribution in [0.2, 0.25) is 0 Å². The molecule has 0 amide bonds. The maximum Gasteiger partial charge on any atom is 0.161 e. The predicted molar refractivity (Wildman–Crippen MR) is 66.9 cm³/mol. The Bertz CT molecular complexity index is 368. The van der Waals surface area contributed by atoms with Gasteiger partial charge in [0, 0.05) is 6.04 Å². The van der Waals surface area contributed by atoms with Crippen LogP contribution in [-0.4, -0.2) is 20.8 Å². The lowest BCUT2D eigenvalue weighted by Gasteiger charge is -2.25. The number of halogens is 1. The van der Waals surface area contributed by atoms with Crippen LogP contribution in [0.25, 0.3) is 0 Å². The van der Waals surface area contributed by atoms with Gasteiger partial charge < -0.3 is 14.8 Å². The molecule has 2 rings (SSSR count). The average molecular weight is 244 g/mol. The van der Waals surface area contributed by atoms with Crippen LogP contribution in [0.5, 0.6) is 11.5 Å². The van der Waals surface area contributed by atoms with Crippen molar-refractivity contribution in [3.05, 3.63) is 23.3 Å². The van der Waals surface area contributed by atoms with E-state index < -0.39 is 0 Å². The molecular formula is C12H18ClNO2. The molecular weight excluding hydrogens is 226 g/mol. The van der Waals surface area contributed by atoms with E-state index in [9.17, 15) is 0 Å². The Morgan fingerprint density at radius 1 is 1.19 bits per heavy atom. The third-order valence-electron chi connectivity index (χ3n) is 2.96. The summed E-state index contributed by atoms with van der Waals surface area (Å²) in [5.74, 6) is 1.64. The van der Waals surface area contributed by atoms with Crippen LogP contribution in [0.4, 0.5) is 0 Å². The van der Waals surface area contributed by atoms with Crippen LogP contribution in [0.1, 0.15) is 24.1 Å². The number of ether oxygens (including phenoxy) is 2. The topological polar surface area (TPSA) is 30.5 Å². The van der Waals surface area contributed by atoms with Crippen LogP contribution < -0.4 is 14.8 Å². The number of hydrogen-bond donors (Lipinski definition) is 1. The molecule has 0 aliphatic carbocycles. The van der Waals surface area contributed by atoms with Crippen molar-refractivity contribution in [2.75, 3.05) is 20.8 Å². The van der Waals surface area contributed by atoms with Crippen molar-refractivity contribution in [1.29, 1.82) is 0 Å². The smallest absolute Gasteiger partial charge is 0.161 e. The van der Waals surface area contributed by atoms with E-state index in [1.54, 1.807) is 14.2 Å². The monoisotopic (exact) mass is 243 g/mol. The van der Waals surface area contributed by atoms with Crippen LogP contribution in [0.3, 0.4) is 0 Å². The number of fused-ring (bicyclic) bond motifs is 1. The van der Waals surface area contributed by atoms with E-state index in [-0.39, 0.29) is 12.4 Å². The van der Waals surface area contributed by atoms with E-state index >= 15 is 0 Å². The molecule has 1 unspecified atom stereocenters. The van der Waals surface area contributed by atoms with E-state index in [4.69, 9.17) is 9.47 Å². The third-order valence-corrected chi connectivity index (χ3v) is 2.96. The maximum atomic E-state index is 5.30. The normalized spacial score (nSPS) is 18.3. The van der Waals surface area contributed by atoms with E-state index in [2.05, 4.69) is 24.4 Å². The molecule has 1 aromatic rings. The molecule has 1 aliphatic rings. The molecule has 1 N–H and O–H groups in total. The highest BCUT2D eigenvalue weighted by atomic mass is 35.5.